The zero-order chi connectivity index (χ0) is 53.6. The molecule has 4 amide bonds. The van der Waals surface area contributed by atoms with Gasteiger partial charge in [0.2, 0.25) is 17.7 Å². The number of nitro groups is 1. The molecule has 5 atom stereocenters. The van der Waals surface area contributed by atoms with Gasteiger partial charge in [-0.2, -0.15) is 0 Å². The van der Waals surface area contributed by atoms with Gasteiger partial charge in [0.05, 0.1) is 41.8 Å². The number of ether oxygens (including phenoxy) is 1. The molecule has 392 valence electrons. The Morgan fingerprint density at radius 1 is 0.905 bits per heavy atom. The number of aromatic carboxylic acids is 1. The molecule has 0 bridgehead atoms. The normalized spacial score (nSPS) is 16.7. The maximum Gasteiger partial charge on any atom is 0.336 e. The molecule has 2 fully saturated rings. The molecule has 0 aliphatic carbocycles. The van der Waals surface area contributed by atoms with Crippen LogP contribution in [0.15, 0.2) is 83.9 Å². The largest absolute Gasteiger partial charge is 0.478 e. The van der Waals surface area contributed by atoms with Crippen molar-refractivity contribution in [1.82, 2.24) is 24.7 Å². The van der Waals surface area contributed by atoms with Gasteiger partial charge in [0, 0.05) is 91.3 Å². The van der Waals surface area contributed by atoms with Crippen LogP contribution >= 0.6 is 0 Å². The summed E-state index contributed by atoms with van der Waals surface area (Å²) in [5.74, 6) is -8.17. The molecule has 0 spiro atoms. The fourth-order valence-corrected chi connectivity index (χ4v) is 9.88. The Balaban J connectivity index is 1.16. The highest BCUT2D eigenvalue weighted by Gasteiger charge is 2.40. The van der Waals surface area contributed by atoms with Crippen LogP contribution in [0.1, 0.15) is 109 Å². The predicted molar refractivity (Wildman–Crippen MR) is 268 cm³/mol. The molecule has 0 unspecified atom stereocenters. The monoisotopic (exact) mass is 1020 g/mol. The van der Waals surface area contributed by atoms with Crippen molar-refractivity contribution in [2.75, 3.05) is 20.2 Å². The number of allylic oxidation sites excluding steroid dienone is 1. The first kappa shape index (κ1) is 55.2. The SMILES string of the molecule is CCCC[C@H](CC(=O)[C@H](CC/C=C/C(=O)OC)NC(=O)c1cc([N+](=O)[O-])ccc1C(=O)O)C(=O)N1CCC[C@H]1C(=O)Cc1cccn(CC(=O)C[C@@H](Cc2c[nH]c3ccccc23)C(=O)N2CCC[C@H]2C(N)=O)c1=O. The number of nitrogens with two attached hydrogens (primary N) is 1. The molecule has 21 heteroatoms. The first-order valence-electron chi connectivity index (χ1n) is 24.7. The van der Waals surface area contributed by atoms with Crippen molar-refractivity contribution in [3.05, 3.63) is 122 Å². The minimum atomic E-state index is -1.55. The molecule has 5 N–H and O–H groups in total. The second kappa shape index (κ2) is 25.5. The summed E-state index contributed by atoms with van der Waals surface area (Å²) >= 11 is 0. The van der Waals surface area contributed by atoms with Crippen molar-refractivity contribution in [2.24, 2.45) is 17.6 Å². The third-order valence-electron chi connectivity index (χ3n) is 13.7. The van der Waals surface area contributed by atoms with Gasteiger partial charge in [0.25, 0.3) is 17.2 Å². The zero-order valence-electron chi connectivity index (χ0n) is 41.3. The topological polar surface area (TPSA) is 309 Å². The molecular formula is C53H61N7O14. The van der Waals surface area contributed by atoms with Crippen LogP contribution in [0.2, 0.25) is 0 Å². The fraction of sp³-hybridized carbons (Fsp3) is 0.434. The van der Waals surface area contributed by atoms with Crippen molar-refractivity contribution in [1.29, 1.82) is 0 Å². The van der Waals surface area contributed by atoms with E-state index in [1.807, 2.05) is 31.2 Å². The molecule has 74 heavy (non-hydrogen) atoms. The number of pyridine rings is 1. The summed E-state index contributed by atoms with van der Waals surface area (Å²) in [4.78, 5) is 151. The number of rotatable bonds is 26. The van der Waals surface area contributed by atoms with Gasteiger partial charge in [-0.1, -0.05) is 50.1 Å². The number of para-hydroxylation sites is 1. The van der Waals surface area contributed by atoms with Gasteiger partial charge in [-0.15, -0.1) is 0 Å². The number of carbonyl (C=O) groups excluding carboxylic acids is 8. The Morgan fingerprint density at radius 2 is 1.61 bits per heavy atom. The van der Waals surface area contributed by atoms with E-state index >= 15 is 0 Å². The number of amides is 4. The molecule has 0 saturated carbocycles. The Kier molecular flexibility index (Phi) is 19.0. The van der Waals surface area contributed by atoms with Gasteiger partial charge in [0.1, 0.15) is 6.04 Å². The number of carboxylic acids is 1. The van der Waals surface area contributed by atoms with Crippen LogP contribution in [0.3, 0.4) is 0 Å². The maximum atomic E-state index is 14.5. The molecule has 21 nitrogen and oxygen atoms in total. The second-order valence-electron chi connectivity index (χ2n) is 18.7. The van der Waals surface area contributed by atoms with E-state index < -0.39 is 117 Å². The lowest BCUT2D eigenvalue weighted by atomic mass is 9.90. The number of nitrogens with one attached hydrogen (secondary N) is 2. The molecule has 0 radical (unpaired) electrons. The quantitative estimate of drug-likeness (QED) is 0.0293. The van der Waals surface area contributed by atoms with Gasteiger partial charge in [-0.25, -0.2) is 9.59 Å². The average Bonchev–Trinajstić information content (AvgIpc) is 4.18. The number of carboxylic acid groups (broad SMARTS) is 1. The second-order valence-corrected chi connectivity index (χ2v) is 18.7. The maximum absolute atomic E-state index is 14.5. The number of fused-ring (bicyclic) bond motifs is 1. The summed E-state index contributed by atoms with van der Waals surface area (Å²) in [6.45, 7) is 1.97. The highest BCUT2D eigenvalue weighted by atomic mass is 16.6. The van der Waals surface area contributed by atoms with Gasteiger partial charge < -0.3 is 40.2 Å². The van der Waals surface area contributed by atoms with E-state index in [1.54, 1.807) is 6.20 Å². The Morgan fingerprint density at radius 3 is 2.30 bits per heavy atom. The molecular weight excluding hydrogens is 959 g/mol. The number of carbonyl (C=O) groups is 9. The van der Waals surface area contributed by atoms with Gasteiger partial charge >= 0.3 is 11.9 Å². The summed E-state index contributed by atoms with van der Waals surface area (Å²) < 4.78 is 5.79. The van der Waals surface area contributed by atoms with E-state index in [0.29, 0.717) is 38.6 Å². The highest BCUT2D eigenvalue weighted by Crippen LogP contribution is 2.29. The number of likely N-dealkylation sites (tertiary alicyclic amines) is 2. The number of ketones is 3. The number of unbranched alkanes of at least 4 members (excludes halogenated alkanes) is 1. The minimum Gasteiger partial charge on any atom is -0.478 e. The third-order valence-corrected chi connectivity index (χ3v) is 13.7. The number of hydrogen-bond donors (Lipinski definition) is 4. The lowest BCUT2D eigenvalue weighted by Crippen LogP contribution is -2.47. The van der Waals surface area contributed by atoms with Gasteiger partial charge in [-0.3, -0.25) is 48.5 Å². The summed E-state index contributed by atoms with van der Waals surface area (Å²) in [5, 5.41) is 24.7. The molecule has 6 rings (SSSR count). The van der Waals surface area contributed by atoms with E-state index in [4.69, 9.17) is 5.73 Å². The lowest BCUT2D eigenvalue weighted by Gasteiger charge is -2.29. The summed E-state index contributed by atoms with van der Waals surface area (Å²) in [5.41, 5.74) is 5.07. The van der Waals surface area contributed by atoms with E-state index in [1.165, 1.54) is 45.9 Å². The number of nitro benzene ring substituents is 1. The number of hydrogen-bond acceptors (Lipinski definition) is 13. The Labute approximate surface area is 425 Å². The van der Waals surface area contributed by atoms with Crippen LogP contribution in [-0.2, 0) is 57.7 Å². The van der Waals surface area contributed by atoms with Crippen LogP contribution in [0, 0.1) is 22.0 Å². The van der Waals surface area contributed by atoms with E-state index in [-0.39, 0.29) is 63.0 Å². The van der Waals surface area contributed by atoms with Crippen LogP contribution in [0.25, 0.3) is 10.9 Å². The zero-order valence-corrected chi connectivity index (χ0v) is 41.3. The number of aromatic nitrogens is 2. The smallest absolute Gasteiger partial charge is 0.336 e. The number of aromatic amines is 1. The van der Waals surface area contributed by atoms with Crippen LogP contribution in [-0.4, -0.2) is 121 Å². The van der Waals surface area contributed by atoms with E-state index in [2.05, 4.69) is 15.0 Å². The van der Waals surface area contributed by atoms with Gasteiger partial charge in [-0.05, 0) is 75.1 Å². The van der Waals surface area contributed by atoms with Crippen molar-refractivity contribution in [3.8, 4) is 0 Å². The Hall–Kier alpha value is -8.10. The highest BCUT2D eigenvalue weighted by molar-refractivity contribution is 6.07. The van der Waals surface area contributed by atoms with Crippen molar-refractivity contribution < 1.29 is 57.9 Å². The number of esters is 1. The number of Topliss-reactive ketones (excluding diaryl/α,β-unsaturated/α-hetero) is 3. The third kappa shape index (κ3) is 13.7. The fourth-order valence-electron chi connectivity index (χ4n) is 9.88. The lowest BCUT2D eigenvalue weighted by molar-refractivity contribution is -0.384. The van der Waals surface area contributed by atoms with Crippen LogP contribution in [0.5, 0.6) is 0 Å². The Bertz CT molecular complexity index is 2900. The number of primary amides is 1. The molecule has 2 aliphatic heterocycles. The van der Waals surface area contributed by atoms with Crippen LogP contribution in [0.4, 0.5) is 5.69 Å². The van der Waals surface area contributed by atoms with Gasteiger partial charge in [0.15, 0.2) is 17.3 Å². The molecule has 2 aromatic heterocycles. The number of non-ortho nitro benzene ring substituents is 1. The standard InChI is InChI=1S/C53H61N7O14/c1-3-4-12-33(27-45(62)42(16-7-8-19-47(64)74-2)56-49(66)40-29-36(60(72)73)20-21-39(40)53(70)71)51(68)58-23-10-17-43(58)46(63)28-32-13-9-22-57(50(32)67)31-37(61)26-34(52(69)59-24-11-18-44(59)48(54)65)25-35-30-55-41-15-6-5-14-38(35)41/h5-6,8-9,13-15,19-22,29-30,33-34,42-44,55H,3-4,7,10-12,16-18,23-28,31H2,1-2H3,(H2,54,65)(H,56,66)(H,70,71)/b19-8+/t33-,34-,42+,43+,44+/m1/s1. The molecule has 2 aromatic carbocycles. The minimum absolute atomic E-state index is 0.0433. The molecule has 4 aromatic rings. The first-order chi connectivity index (χ1) is 35.4. The average molecular weight is 1020 g/mol. The van der Waals surface area contributed by atoms with Crippen molar-refractivity contribution in [2.45, 2.75) is 115 Å². The number of nitrogens with zero attached hydrogens (tertiary/aromatic N) is 4. The summed E-state index contributed by atoms with van der Waals surface area (Å²) in [6.07, 6.45) is 7.86. The predicted octanol–water partition coefficient (Wildman–Crippen LogP) is 4.41. The first-order valence-corrected chi connectivity index (χ1v) is 24.7. The number of H-pyrrole nitrogens is 1. The summed E-state index contributed by atoms with van der Waals surface area (Å²) in [6, 6.07) is 10.0. The van der Waals surface area contributed by atoms with E-state index in [9.17, 15) is 63.2 Å². The van der Waals surface area contributed by atoms with Crippen LogP contribution < -0.4 is 16.6 Å². The molecule has 4 heterocycles. The molecule has 2 aliphatic rings. The summed E-state index contributed by atoms with van der Waals surface area (Å²) in [7, 11) is 1.17. The van der Waals surface area contributed by atoms with Crippen molar-refractivity contribution in [3.63, 3.8) is 0 Å². The van der Waals surface area contributed by atoms with E-state index in [0.717, 1.165) is 40.7 Å². The molecule has 2 saturated heterocycles. The number of methoxy groups -OCH3 is 1. The number of benzene rings is 2. The van der Waals surface area contributed by atoms with Crippen molar-refractivity contribution >= 4 is 69.5 Å².